The van der Waals surface area contributed by atoms with E-state index in [4.69, 9.17) is 4.74 Å². The first kappa shape index (κ1) is 69.1. The predicted molar refractivity (Wildman–Crippen MR) is 310 cm³/mol. The molecular formula is C65H123NO5. The number of ether oxygens (including phenoxy) is 1. The zero-order chi connectivity index (χ0) is 51.4. The number of aliphatic hydroxyl groups is 2. The largest absolute Gasteiger partial charge is 0.466 e. The van der Waals surface area contributed by atoms with E-state index in [2.05, 4.69) is 43.5 Å². The predicted octanol–water partition coefficient (Wildman–Crippen LogP) is 20.0. The van der Waals surface area contributed by atoms with Crippen LogP contribution in [0.2, 0.25) is 0 Å². The lowest BCUT2D eigenvalue weighted by molar-refractivity contribution is -0.143. The molecule has 0 saturated heterocycles. The summed E-state index contributed by atoms with van der Waals surface area (Å²) in [6, 6.07) is -0.642. The number of amides is 1. The van der Waals surface area contributed by atoms with Crippen LogP contribution in [-0.2, 0) is 14.3 Å². The number of carbonyl (C=O) groups excluding carboxylic acids is 2. The molecule has 0 radical (unpaired) electrons. The second-order valence-corrected chi connectivity index (χ2v) is 21.7. The third kappa shape index (κ3) is 57.2. The summed E-state index contributed by atoms with van der Waals surface area (Å²) in [5.74, 6) is -0.0935. The number of carbonyl (C=O) groups is 2. The van der Waals surface area contributed by atoms with Gasteiger partial charge in [0.15, 0.2) is 0 Å². The van der Waals surface area contributed by atoms with Crippen molar-refractivity contribution in [2.75, 3.05) is 13.2 Å². The summed E-state index contributed by atoms with van der Waals surface area (Å²) in [4.78, 5) is 24.6. The molecule has 0 rings (SSSR count). The molecule has 0 aliphatic heterocycles. The first-order chi connectivity index (χ1) is 35.0. The summed E-state index contributed by atoms with van der Waals surface area (Å²) in [5, 5.41) is 23.2. The van der Waals surface area contributed by atoms with E-state index >= 15 is 0 Å². The Bertz CT molecular complexity index is 1150. The van der Waals surface area contributed by atoms with Crippen molar-refractivity contribution in [1.82, 2.24) is 5.32 Å². The molecule has 0 aromatic rings. The minimum absolute atomic E-state index is 0.0109. The SMILES string of the molecule is CCCCCCCCC/C=C\CCCCCCCC(=O)OCCCCCCCCC/C=C\CCCCCCCC(=O)NC(CO)C(O)/C=C/CCCCCCCCCCCCCCCCCCCCCC. The van der Waals surface area contributed by atoms with Crippen molar-refractivity contribution in [3.63, 3.8) is 0 Å². The Hall–Kier alpha value is -1.92. The molecule has 0 aliphatic rings. The highest BCUT2D eigenvalue weighted by Crippen LogP contribution is 2.17. The van der Waals surface area contributed by atoms with E-state index in [9.17, 15) is 19.8 Å². The van der Waals surface area contributed by atoms with E-state index in [-0.39, 0.29) is 18.5 Å². The molecule has 0 aromatic heterocycles. The second-order valence-electron chi connectivity index (χ2n) is 21.7. The number of hydrogen-bond acceptors (Lipinski definition) is 5. The molecule has 2 unspecified atom stereocenters. The van der Waals surface area contributed by atoms with Gasteiger partial charge in [-0.1, -0.05) is 281 Å². The number of esters is 1. The molecule has 1 amide bonds. The molecule has 0 aliphatic carbocycles. The summed E-state index contributed by atoms with van der Waals surface area (Å²) >= 11 is 0. The van der Waals surface area contributed by atoms with Gasteiger partial charge in [-0.05, 0) is 83.5 Å². The van der Waals surface area contributed by atoms with E-state index < -0.39 is 12.1 Å². The first-order valence-electron chi connectivity index (χ1n) is 31.8. The van der Waals surface area contributed by atoms with Gasteiger partial charge in [0.25, 0.3) is 0 Å². The van der Waals surface area contributed by atoms with Crippen molar-refractivity contribution in [2.24, 2.45) is 0 Å². The standard InChI is InChI=1S/C65H123NO5/c1-3-5-7-9-11-13-15-17-19-21-22-23-24-25-26-29-33-37-41-45-49-53-57-63(68)62(61-67)66-64(69)58-54-50-46-42-38-34-30-27-28-32-36-40-44-48-52-56-60-71-65(70)59-55-51-47-43-39-35-31-20-18-16-14-12-10-8-6-4-2/h20,27,30-31,53,57,62-63,67-68H,3-19,21-26,28-29,32-52,54-56,58-61H2,1-2H3,(H,66,69)/b30-27-,31-20-,57-53+. The summed E-state index contributed by atoms with van der Waals surface area (Å²) in [7, 11) is 0. The van der Waals surface area contributed by atoms with Crippen LogP contribution in [0.5, 0.6) is 0 Å². The lowest BCUT2D eigenvalue weighted by Gasteiger charge is -2.20. The Morgan fingerprint density at radius 1 is 0.380 bits per heavy atom. The number of hydrogen-bond donors (Lipinski definition) is 3. The fourth-order valence-corrected chi connectivity index (χ4v) is 9.74. The maximum Gasteiger partial charge on any atom is 0.305 e. The lowest BCUT2D eigenvalue weighted by Crippen LogP contribution is -2.45. The van der Waals surface area contributed by atoms with E-state index in [0.29, 0.717) is 19.4 Å². The maximum absolute atomic E-state index is 12.5. The van der Waals surface area contributed by atoms with Gasteiger partial charge in [-0.2, -0.15) is 0 Å². The minimum Gasteiger partial charge on any atom is -0.466 e. The second kappa shape index (κ2) is 60.6. The van der Waals surface area contributed by atoms with Gasteiger partial charge in [-0.3, -0.25) is 9.59 Å². The van der Waals surface area contributed by atoms with E-state index in [1.165, 1.54) is 250 Å². The fraction of sp³-hybridized carbons (Fsp3) is 0.877. The Kier molecular flexibility index (Phi) is 59.0. The molecule has 0 saturated carbocycles. The summed E-state index contributed by atoms with van der Waals surface area (Å²) in [5.41, 5.74) is 0. The number of unbranched alkanes of at least 4 members (excludes halogenated alkanes) is 44. The maximum atomic E-state index is 12.5. The number of nitrogens with one attached hydrogen (secondary N) is 1. The average Bonchev–Trinajstić information content (AvgIpc) is 3.37. The molecule has 2 atom stereocenters. The van der Waals surface area contributed by atoms with E-state index in [0.717, 1.165) is 64.2 Å². The monoisotopic (exact) mass is 998 g/mol. The topological polar surface area (TPSA) is 95.9 Å². The van der Waals surface area contributed by atoms with Gasteiger partial charge in [0.1, 0.15) is 0 Å². The highest BCUT2D eigenvalue weighted by Gasteiger charge is 2.18. The van der Waals surface area contributed by atoms with Crippen LogP contribution in [-0.4, -0.2) is 47.4 Å². The molecule has 0 heterocycles. The van der Waals surface area contributed by atoms with Gasteiger partial charge in [0, 0.05) is 12.8 Å². The van der Waals surface area contributed by atoms with Crippen LogP contribution in [0.25, 0.3) is 0 Å². The van der Waals surface area contributed by atoms with Gasteiger partial charge in [0.2, 0.25) is 5.91 Å². The van der Waals surface area contributed by atoms with Crippen LogP contribution in [0.1, 0.15) is 341 Å². The third-order valence-electron chi connectivity index (χ3n) is 14.6. The third-order valence-corrected chi connectivity index (χ3v) is 14.6. The quantitative estimate of drug-likeness (QED) is 0.0321. The highest BCUT2D eigenvalue weighted by molar-refractivity contribution is 5.76. The molecule has 3 N–H and O–H groups in total. The molecule has 0 aromatic carbocycles. The van der Waals surface area contributed by atoms with Crippen LogP contribution >= 0.6 is 0 Å². The summed E-state index contributed by atoms with van der Waals surface area (Å²) in [6.45, 7) is 4.89. The fourth-order valence-electron chi connectivity index (χ4n) is 9.74. The Morgan fingerprint density at radius 3 is 1.00 bits per heavy atom. The molecule has 418 valence electrons. The normalized spacial score (nSPS) is 12.8. The minimum atomic E-state index is -0.857. The van der Waals surface area contributed by atoms with Gasteiger partial charge >= 0.3 is 5.97 Å². The van der Waals surface area contributed by atoms with Crippen LogP contribution in [0, 0.1) is 0 Å². The molecular weight excluding hydrogens is 875 g/mol. The zero-order valence-electron chi connectivity index (χ0n) is 47.7. The van der Waals surface area contributed by atoms with Crippen LogP contribution in [0.4, 0.5) is 0 Å². The van der Waals surface area contributed by atoms with Gasteiger partial charge < -0.3 is 20.3 Å². The summed E-state index contributed by atoms with van der Waals surface area (Å²) in [6.07, 6.45) is 76.1. The van der Waals surface area contributed by atoms with E-state index in [1.807, 2.05) is 6.08 Å². The average molecular weight is 999 g/mol. The van der Waals surface area contributed by atoms with Crippen molar-refractivity contribution < 1.29 is 24.5 Å². The molecule has 0 fully saturated rings. The van der Waals surface area contributed by atoms with E-state index in [1.54, 1.807) is 6.08 Å². The number of allylic oxidation sites excluding steroid dienone is 5. The highest BCUT2D eigenvalue weighted by atomic mass is 16.5. The summed E-state index contributed by atoms with van der Waals surface area (Å²) < 4.78 is 5.47. The van der Waals surface area contributed by atoms with Crippen LogP contribution in [0.15, 0.2) is 36.5 Å². The number of aliphatic hydroxyl groups excluding tert-OH is 2. The van der Waals surface area contributed by atoms with Crippen molar-refractivity contribution in [3.8, 4) is 0 Å². The molecule has 6 nitrogen and oxygen atoms in total. The smallest absolute Gasteiger partial charge is 0.305 e. The van der Waals surface area contributed by atoms with Crippen molar-refractivity contribution in [2.45, 2.75) is 353 Å². The Labute approximate surface area is 443 Å². The van der Waals surface area contributed by atoms with Crippen molar-refractivity contribution in [1.29, 1.82) is 0 Å². The van der Waals surface area contributed by atoms with Gasteiger partial charge in [0.05, 0.1) is 25.4 Å². The Balaban J connectivity index is 3.49. The molecule has 0 spiro atoms. The molecule has 71 heavy (non-hydrogen) atoms. The molecule has 0 bridgehead atoms. The molecule has 6 heteroatoms. The van der Waals surface area contributed by atoms with Gasteiger partial charge in [-0.15, -0.1) is 0 Å². The van der Waals surface area contributed by atoms with Crippen molar-refractivity contribution >= 4 is 11.9 Å². The lowest BCUT2D eigenvalue weighted by atomic mass is 10.0. The van der Waals surface area contributed by atoms with Gasteiger partial charge in [-0.25, -0.2) is 0 Å². The van der Waals surface area contributed by atoms with Crippen LogP contribution in [0.3, 0.4) is 0 Å². The van der Waals surface area contributed by atoms with Crippen molar-refractivity contribution in [3.05, 3.63) is 36.5 Å². The first-order valence-corrected chi connectivity index (χ1v) is 31.8. The zero-order valence-corrected chi connectivity index (χ0v) is 47.7. The Morgan fingerprint density at radius 2 is 0.662 bits per heavy atom. The van der Waals surface area contributed by atoms with Crippen LogP contribution < -0.4 is 5.32 Å². The number of rotatable bonds is 59.